The zero-order chi connectivity index (χ0) is 42.6. The summed E-state index contributed by atoms with van der Waals surface area (Å²) in [6.45, 7) is 13.0. The summed E-state index contributed by atoms with van der Waals surface area (Å²) < 4.78 is 24.4. The number of pyridine rings is 2. The molecule has 62 heavy (non-hydrogen) atoms. The molecule has 2 aromatic carbocycles. The highest BCUT2D eigenvalue weighted by atomic mass is 35.5. The standard InChI is InChI=1S/C46H51FN10O4.ClH/c1-45(2)42(46(3,4)43(45)61-37-10-8-30(25-48)39-32(37)6-5-17-49-39)53-41(59)29-7-9-36(34(47)24-29)55-21-12-28(13-22-55)27-54-19-14-31(15-20-54)57-40-33(26-51-57)35(11-18-50-40)56-23-16-38(58)52-44(56)60;/h5-11,17-18,24,26,28,31,42-43H,12-16,19-23,27H2,1-4H3,(H,53,59)(H,52,58,60);1H. The summed E-state index contributed by atoms with van der Waals surface area (Å²) >= 11 is 0. The normalized spacial score (nSPS) is 21.8. The molecule has 6 heterocycles. The minimum atomic E-state index is -0.448. The van der Waals surface area contributed by atoms with Crippen LogP contribution in [0.15, 0.2) is 67.1 Å². The maximum atomic E-state index is 15.8. The average Bonchev–Trinajstić information content (AvgIpc) is 3.70. The van der Waals surface area contributed by atoms with E-state index in [2.05, 4.69) is 64.2 Å². The van der Waals surface area contributed by atoms with E-state index in [0.29, 0.717) is 40.7 Å². The average molecular weight is 863 g/mol. The number of hydrogen-bond acceptors (Lipinski definition) is 10. The summed E-state index contributed by atoms with van der Waals surface area (Å²) in [5.74, 6) is 0.161. The van der Waals surface area contributed by atoms with Gasteiger partial charge in [0.05, 0.1) is 40.1 Å². The van der Waals surface area contributed by atoms with Crippen molar-refractivity contribution in [2.75, 3.05) is 49.1 Å². The van der Waals surface area contributed by atoms with E-state index in [1.165, 1.54) is 6.07 Å². The Morgan fingerprint density at radius 1 is 0.935 bits per heavy atom. The molecule has 3 saturated heterocycles. The summed E-state index contributed by atoms with van der Waals surface area (Å²) in [6, 6.07) is 15.6. The van der Waals surface area contributed by atoms with Gasteiger partial charge in [-0.2, -0.15) is 10.4 Å². The van der Waals surface area contributed by atoms with Crippen LogP contribution in [0.1, 0.15) is 81.8 Å². The highest BCUT2D eigenvalue weighted by molar-refractivity contribution is 6.09. The van der Waals surface area contributed by atoms with Crippen LogP contribution in [0.2, 0.25) is 0 Å². The fraction of sp³-hybridized carbons (Fsp3) is 0.457. The van der Waals surface area contributed by atoms with Crippen molar-refractivity contribution in [3.63, 3.8) is 0 Å². The lowest BCUT2D eigenvalue weighted by Crippen LogP contribution is -2.74. The molecule has 1 saturated carbocycles. The number of aromatic nitrogens is 4. The summed E-state index contributed by atoms with van der Waals surface area (Å²) in [4.78, 5) is 53.1. The van der Waals surface area contributed by atoms with Crippen LogP contribution < -0.4 is 25.2 Å². The van der Waals surface area contributed by atoms with Gasteiger partial charge in [0.2, 0.25) is 5.91 Å². The van der Waals surface area contributed by atoms with Crippen molar-refractivity contribution in [1.29, 1.82) is 5.26 Å². The van der Waals surface area contributed by atoms with Gasteiger partial charge in [0, 0.05) is 85.9 Å². The van der Waals surface area contributed by atoms with Crippen LogP contribution in [0.5, 0.6) is 5.75 Å². The number of fused-ring (bicyclic) bond motifs is 2. The van der Waals surface area contributed by atoms with Crippen molar-refractivity contribution in [3.8, 4) is 11.8 Å². The molecule has 0 atom stereocenters. The molecule has 0 radical (unpaired) electrons. The SMILES string of the molecule is CC1(C)C(NC(=O)c2ccc(N3CCC(CN4CCC(n5ncc6c(N7CCC(=O)NC7=O)ccnc65)CC4)CC3)c(F)c2)C(C)(C)C1Oc1ccc(C#N)c2ncccc12.Cl. The Bertz CT molecular complexity index is 2560. The summed E-state index contributed by atoms with van der Waals surface area (Å²) in [5, 5.41) is 21.4. The molecule has 16 heteroatoms. The number of likely N-dealkylation sites (tertiary alicyclic amines) is 1. The number of ether oxygens (including phenoxy) is 1. The second-order valence-electron chi connectivity index (χ2n) is 18.2. The van der Waals surface area contributed by atoms with Crippen LogP contribution in [-0.4, -0.2) is 93.9 Å². The first-order chi connectivity index (χ1) is 29.3. The van der Waals surface area contributed by atoms with E-state index in [-0.39, 0.29) is 54.4 Å². The molecule has 9 rings (SSSR count). The maximum Gasteiger partial charge on any atom is 0.328 e. The number of nitriles is 1. The molecular formula is C46H52ClFN10O4. The molecule has 3 aliphatic heterocycles. The first-order valence-electron chi connectivity index (χ1n) is 21.3. The van der Waals surface area contributed by atoms with Crippen LogP contribution in [0, 0.1) is 33.9 Å². The molecule has 4 aliphatic rings. The Kier molecular flexibility index (Phi) is 11.6. The zero-order valence-electron chi connectivity index (χ0n) is 35.4. The van der Waals surface area contributed by atoms with Crippen molar-refractivity contribution in [3.05, 3.63) is 84.1 Å². The van der Waals surface area contributed by atoms with E-state index in [1.54, 1.807) is 47.8 Å². The van der Waals surface area contributed by atoms with Gasteiger partial charge in [0.1, 0.15) is 23.7 Å². The Balaban J connectivity index is 0.00000529. The van der Waals surface area contributed by atoms with Gasteiger partial charge in [-0.1, -0.05) is 27.7 Å². The summed E-state index contributed by atoms with van der Waals surface area (Å²) in [6.07, 6.45) is 8.91. The molecular weight excluding hydrogens is 811 g/mol. The highest BCUT2D eigenvalue weighted by Crippen LogP contribution is 2.56. The van der Waals surface area contributed by atoms with Gasteiger partial charge in [-0.3, -0.25) is 24.8 Å². The summed E-state index contributed by atoms with van der Waals surface area (Å²) in [7, 11) is 0. The number of nitrogens with zero attached hydrogens (tertiary/aromatic N) is 8. The third kappa shape index (κ3) is 7.68. The molecule has 3 aromatic heterocycles. The van der Waals surface area contributed by atoms with E-state index in [1.807, 2.05) is 22.9 Å². The Morgan fingerprint density at radius 2 is 1.69 bits per heavy atom. The number of piperidine rings is 2. The van der Waals surface area contributed by atoms with E-state index in [4.69, 9.17) is 9.84 Å². The minimum Gasteiger partial charge on any atom is -0.488 e. The summed E-state index contributed by atoms with van der Waals surface area (Å²) in [5.41, 5.74) is 2.44. The monoisotopic (exact) mass is 862 g/mol. The number of anilines is 2. The molecule has 1 aliphatic carbocycles. The number of carbonyl (C=O) groups excluding carboxylic acids is 3. The maximum absolute atomic E-state index is 15.8. The lowest BCUT2D eigenvalue weighted by molar-refractivity contribution is -0.163. The van der Waals surface area contributed by atoms with E-state index >= 15 is 4.39 Å². The molecule has 324 valence electrons. The molecule has 14 nitrogen and oxygen atoms in total. The number of rotatable bonds is 9. The van der Waals surface area contributed by atoms with Crippen molar-refractivity contribution >= 4 is 63.6 Å². The van der Waals surface area contributed by atoms with Crippen LogP contribution in [0.4, 0.5) is 20.6 Å². The van der Waals surface area contributed by atoms with Gasteiger partial charge in [0.25, 0.3) is 5.91 Å². The minimum absolute atomic E-state index is 0. The van der Waals surface area contributed by atoms with Crippen LogP contribution in [-0.2, 0) is 4.79 Å². The smallest absolute Gasteiger partial charge is 0.328 e. The Morgan fingerprint density at radius 3 is 2.40 bits per heavy atom. The lowest BCUT2D eigenvalue weighted by Gasteiger charge is -2.63. The number of nitrogens with one attached hydrogen (secondary N) is 2. The van der Waals surface area contributed by atoms with Crippen LogP contribution in [0.25, 0.3) is 21.9 Å². The third-order valence-corrected chi connectivity index (χ3v) is 13.6. The van der Waals surface area contributed by atoms with Crippen LogP contribution >= 0.6 is 12.4 Å². The molecule has 4 fully saturated rings. The van der Waals surface area contributed by atoms with Crippen molar-refractivity contribution in [2.24, 2.45) is 16.7 Å². The fourth-order valence-electron chi connectivity index (χ4n) is 10.7. The Labute approximate surface area is 366 Å². The third-order valence-electron chi connectivity index (χ3n) is 13.6. The van der Waals surface area contributed by atoms with Crippen molar-refractivity contribution in [1.82, 2.24) is 35.3 Å². The number of benzene rings is 2. The lowest BCUT2D eigenvalue weighted by atomic mass is 9.49. The quantitative estimate of drug-likeness (QED) is 0.158. The topological polar surface area (TPSA) is 162 Å². The van der Waals surface area contributed by atoms with Gasteiger partial charge in [-0.25, -0.2) is 18.9 Å². The van der Waals surface area contributed by atoms with E-state index in [9.17, 15) is 19.6 Å². The van der Waals surface area contributed by atoms with Gasteiger partial charge in [-0.05, 0) is 80.1 Å². The number of urea groups is 1. The van der Waals surface area contributed by atoms with Gasteiger partial charge in [-0.15, -0.1) is 12.4 Å². The number of amides is 4. The molecule has 0 unspecified atom stereocenters. The number of hydrogen-bond donors (Lipinski definition) is 2. The largest absolute Gasteiger partial charge is 0.488 e. The highest BCUT2D eigenvalue weighted by Gasteiger charge is 2.64. The van der Waals surface area contributed by atoms with Crippen molar-refractivity contribution in [2.45, 2.75) is 78.0 Å². The molecule has 2 N–H and O–H groups in total. The van der Waals surface area contributed by atoms with Gasteiger partial charge in [0.15, 0.2) is 5.65 Å². The van der Waals surface area contributed by atoms with Crippen molar-refractivity contribution < 1.29 is 23.5 Å². The molecule has 5 aromatic rings. The van der Waals surface area contributed by atoms with E-state index in [0.717, 1.165) is 74.8 Å². The number of imide groups is 1. The van der Waals surface area contributed by atoms with Gasteiger partial charge < -0.3 is 19.9 Å². The molecule has 0 spiro atoms. The first-order valence-corrected chi connectivity index (χ1v) is 21.3. The Hall–Kier alpha value is -5.85. The second-order valence-corrected chi connectivity index (χ2v) is 18.2. The molecule has 0 bridgehead atoms. The first kappa shape index (κ1) is 42.8. The van der Waals surface area contributed by atoms with Gasteiger partial charge >= 0.3 is 6.03 Å². The predicted octanol–water partition coefficient (Wildman–Crippen LogP) is 7.02. The zero-order valence-corrected chi connectivity index (χ0v) is 36.3. The second kappa shape index (κ2) is 16.8. The fourth-order valence-corrected chi connectivity index (χ4v) is 10.7. The predicted molar refractivity (Wildman–Crippen MR) is 236 cm³/mol. The number of halogens is 2. The number of carbonyl (C=O) groups is 3. The molecule has 4 amide bonds. The van der Waals surface area contributed by atoms with Crippen LogP contribution in [0.3, 0.4) is 0 Å². The van der Waals surface area contributed by atoms with E-state index < -0.39 is 22.7 Å².